The van der Waals surface area contributed by atoms with E-state index in [9.17, 15) is 8.42 Å². The quantitative estimate of drug-likeness (QED) is 0.588. The number of sulfonamides is 1. The average Bonchev–Trinajstić information content (AvgIpc) is 2.39. The molecular formula is C15H26N2O2S2. The van der Waals surface area contributed by atoms with Crippen LogP contribution in [0.1, 0.15) is 27.2 Å². The van der Waals surface area contributed by atoms with Crippen LogP contribution in [-0.4, -0.2) is 37.3 Å². The lowest BCUT2D eigenvalue weighted by Gasteiger charge is -2.25. The predicted molar refractivity (Wildman–Crippen MR) is 92.0 cm³/mol. The lowest BCUT2D eigenvalue weighted by molar-refractivity contribution is 0.338. The van der Waals surface area contributed by atoms with E-state index in [4.69, 9.17) is 5.73 Å². The summed E-state index contributed by atoms with van der Waals surface area (Å²) in [5.41, 5.74) is 6.34. The van der Waals surface area contributed by atoms with Gasteiger partial charge in [0.15, 0.2) is 0 Å². The lowest BCUT2D eigenvalue weighted by atomic mass is 10.1. The Morgan fingerprint density at radius 1 is 1.19 bits per heavy atom. The second kappa shape index (κ2) is 8.06. The number of hydrogen-bond donors (Lipinski definition) is 1. The van der Waals surface area contributed by atoms with E-state index in [1.165, 1.54) is 16.1 Å². The van der Waals surface area contributed by atoms with Gasteiger partial charge >= 0.3 is 0 Å². The van der Waals surface area contributed by atoms with Crippen LogP contribution in [0.25, 0.3) is 0 Å². The second-order valence-electron chi connectivity index (χ2n) is 5.73. The third kappa shape index (κ3) is 6.28. The molecule has 21 heavy (non-hydrogen) atoms. The van der Waals surface area contributed by atoms with Gasteiger partial charge in [0.25, 0.3) is 0 Å². The van der Waals surface area contributed by atoms with Crippen LogP contribution in [0.3, 0.4) is 0 Å². The standard InChI is InChI=1S/C15H26N2O2S2/c1-12(2)11-13(3)17(4)21(18,19)10-9-20-15-7-5-14(16)6-8-15/h5-8,12-13H,9-11,16H2,1-4H3. The van der Waals surface area contributed by atoms with E-state index in [0.717, 1.165) is 11.3 Å². The summed E-state index contributed by atoms with van der Waals surface area (Å²) in [6.45, 7) is 6.17. The molecule has 0 aliphatic carbocycles. The first-order valence-corrected chi connectivity index (χ1v) is 9.76. The third-order valence-electron chi connectivity index (χ3n) is 3.36. The molecule has 0 bridgehead atoms. The minimum atomic E-state index is -3.20. The molecule has 2 N–H and O–H groups in total. The molecule has 0 saturated heterocycles. The highest BCUT2D eigenvalue weighted by molar-refractivity contribution is 8.00. The van der Waals surface area contributed by atoms with Crippen LogP contribution >= 0.6 is 11.8 Å². The molecule has 0 amide bonds. The van der Waals surface area contributed by atoms with Gasteiger partial charge < -0.3 is 5.73 Å². The van der Waals surface area contributed by atoms with Crippen LogP contribution in [0.4, 0.5) is 5.69 Å². The van der Waals surface area contributed by atoms with Crippen molar-refractivity contribution in [1.29, 1.82) is 0 Å². The molecule has 0 aliphatic heterocycles. The highest BCUT2D eigenvalue weighted by Gasteiger charge is 2.23. The second-order valence-corrected chi connectivity index (χ2v) is 9.04. The van der Waals surface area contributed by atoms with Gasteiger partial charge in [0.05, 0.1) is 5.75 Å². The molecule has 0 heterocycles. The van der Waals surface area contributed by atoms with Gasteiger partial charge in [-0.2, -0.15) is 0 Å². The van der Waals surface area contributed by atoms with E-state index in [1.54, 1.807) is 7.05 Å². The van der Waals surface area contributed by atoms with E-state index >= 15 is 0 Å². The molecule has 1 aromatic carbocycles. The van der Waals surface area contributed by atoms with Crippen molar-refractivity contribution in [1.82, 2.24) is 4.31 Å². The number of hydrogen-bond acceptors (Lipinski definition) is 4. The number of anilines is 1. The maximum atomic E-state index is 12.3. The SMILES string of the molecule is CC(C)CC(C)N(C)S(=O)(=O)CCSc1ccc(N)cc1. The zero-order chi connectivity index (χ0) is 16.0. The summed E-state index contributed by atoms with van der Waals surface area (Å²) in [5.74, 6) is 1.19. The Hall–Kier alpha value is -0.720. The van der Waals surface area contributed by atoms with Crippen molar-refractivity contribution in [3.05, 3.63) is 24.3 Å². The Morgan fingerprint density at radius 3 is 2.29 bits per heavy atom. The molecular weight excluding hydrogens is 304 g/mol. The summed E-state index contributed by atoms with van der Waals surface area (Å²) in [5, 5.41) is 0. The fraction of sp³-hybridized carbons (Fsp3) is 0.600. The molecule has 0 radical (unpaired) electrons. The summed E-state index contributed by atoms with van der Waals surface area (Å²) in [6.07, 6.45) is 0.876. The number of nitrogens with two attached hydrogens (primary N) is 1. The Bertz CT molecular complexity index is 527. The molecule has 0 aromatic heterocycles. The predicted octanol–water partition coefficient (Wildman–Crippen LogP) is 3.06. The lowest BCUT2D eigenvalue weighted by Crippen LogP contribution is -2.37. The van der Waals surface area contributed by atoms with Gasteiger partial charge in [-0.25, -0.2) is 12.7 Å². The highest BCUT2D eigenvalue weighted by atomic mass is 32.2. The zero-order valence-electron chi connectivity index (χ0n) is 13.2. The van der Waals surface area contributed by atoms with Crippen molar-refractivity contribution in [3.63, 3.8) is 0 Å². The van der Waals surface area contributed by atoms with Crippen LogP contribution in [-0.2, 0) is 10.0 Å². The maximum absolute atomic E-state index is 12.3. The van der Waals surface area contributed by atoms with Crippen molar-refractivity contribution in [2.75, 3.05) is 24.3 Å². The number of benzene rings is 1. The van der Waals surface area contributed by atoms with Gasteiger partial charge in [0.2, 0.25) is 10.0 Å². The third-order valence-corrected chi connectivity index (χ3v) is 6.59. The Morgan fingerprint density at radius 2 is 1.76 bits per heavy atom. The average molecular weight is 331 g/mol. The summed E-state index contributed by atoms with van der Waals surface area (Å²) in [4.78, 5) is 1.04. The largest absolute Gasteiger partial charge is 0.399 e. The zero-order valence-corrected chi connectivity index (χ0v) is 14.9. The van der Waals surface area contributed by atoms with E-state index in [0.29, 0.717) is 17.4 Å². The van der Waals surface area contributed by atoms with Crippen molar-refractivity contribution in [2.45, 2.75) is 38.1 Å². The van der Waals surface area contributed by atoms with E-state index in [2.05, 4.69) is 13.8 Å². The maximum Gasteiger partial charge on any atom is 0.214 e. The Kier molecular flexibility index (Phi) is 7.03. The van der Waals surface area contributed by atoms with Gasteiger partial charge in [0, 0.05) is 29.4 Å². The number of rotatable bonds is 8. The molecule has 1 atom stereocenters. The highest BCUT2D eigenvalue weighted by Crippen LogP contribution is 2.20. The molecule has 120 valence electrons. The molecule has 0 aliphatic rings. The van der Waals surface area contributed by atoms with Crippen LogP contribution in [0.2, 0.25) is 0 Å². The van der Waals surface area contributed by atoms with E-state index in [1.807, 2.05) is 31.2 Å². The number of nitrogen functional groups attached to an aromatic ring is 1. The summed E-state index contributed by atoms with van der Waals surface area (Å²) < 4.78 is 26.1. The number of thioether (sulfide) groups is 1. The molecule has 0 saturated carbocycles. The van der Waals surface area contributed by atoms with Gasteiger partial charge in [0.1, 0.15) is 0 Å². The molecule has 1 rings (SSSR count). The summed E-state index contributed by atoms with van der Waals surface area (Å²) in [7, 11) is -1.52. The topological polar surface area (TPSA) is 63.4 Å². The van der Waals surface area contributed by atoms with Crippen LogP contribution in [0.5, 0.6) is 0 Å². The fourth-order valence-corrected chi connectivity index (χ4v) is 4.74. The summed E-state index contributed by atoms with van der Waals surface area (Å²) >= 11 is 1.54. The molecule has 0 spiro atoms. The minimum Gasteiger partial charge on any atom is -0.399 e. The van der Waals surface area contributed by atoms with Gasteiger partial charge in [-0.1, -0.05) is 13.8 Å². The van der Waals surface area contributed by atoms with Gasteiger partial charge in [-0.3, -0.25) is 0 Å². The first kappa shape index (κ1) is 18.3. The van der Waals surface area contributed by atoms with Crippen molar-refractivity contribution in [3.8, 4) is 0 Å². The van der Waals surface area contributed by atoms with Crippen molar-refractivity contribution in [2.24, 2.45) is 5.92 Å². The van der Waals surface area contributed by atoms with Gasteiger partial charge in [-0.15, -0.1) is 11.8 Å². The number of nitrogens with zero attached hydrogens (tertiary/aromatic N) is 1. The Balaban J connectivity index is 2.50. The van der Waals surface area contributed by atoms with Crippen LogP contribution in [0.15, 0.2) is 29.2 Å². The Labute approximate surface area is 133 Å². The van der Waals surface area contributed by atoms with Crippen LogP contribution < -0.4 is 5.73 Å². The fourth-order valence-electron chi connectivity index (χ4n) is 2.08. The molecule has 6 heteroatoms. The molecule has 1 aromatic rings. The van der Waals surface area contributed by atoms with Gasteiger partial charge in [-0.05, 0) is 43.5 Å². The monoisotopic (exact) mass is 330 g/mol. The normalized spacial score (nSPS) is 13.8. The summed E-state index contributed by atoms with van der Waals surface area (Å²) in [6, 6.07) is 7.52. The minimum absolute atomic E-state index is 0.0384. The van der Waals surface area contributed by atoms with Crippen molar-refractivity contribution < 1.29 is 8.42 Å². The molecule has 1 unspecified atom stereocenters. The van der Waals surface area contributed by atoms with Crippen LogP contribution in [0, 0.1) is 5.92 Å². The van der Waals surface area contributed by atoms with E-state index < -0.39 is 10.0 Å². The smallest absolute Gasteiger partial charge is 0.214 e. The van der Waals surface area contributed by atoms with Crippen molar-refractivity contribution >= 4 is 27.5 Å². The molecule has 4 nitrogen and oxygen atoms in total. The first-order chi connectivity index (χ1) is 9.72. The molecule has 0 fully saturated rings. The van der Waals surface area contributed by atoms with E-state index in [-0.39, 0.29) is 11.8 Å². The first-order valence-electron chi connectivity index (χ1n) is 7.16.